The number of carbonyl (C=O) groups is 1. The highest BCUT2D eigenvalue weighted by Crippen LogP contribution is 2.43. The van der Waals surface area contributed by atoms with Gasteiger partial charge in [0, 0.05) is 19.0 Å². The Morgan fingerprint density at radius 1 is 1.08 bits per heavy atom. The Hall–Kier alpha value is -3.59. The largest absolute Gasteiger partial charge is 0.480 e. The zero-order valence-electron chi connectivity index (χ0n) is 19.0. The van der Waals surface area contributed by atoms with Crippen molar-refractivity contribution >= 4 is 38.5 Å². The summed E-state index contributed by atoms with van der Waals surface area (Å²) in [5.74, 6) is -0.906. The number of alkyl halides is 3. The van der Waals surface area contributed by atoms with Gasteiger partial charge in [0.25, 0.3) is 5.56 Å². The summed E-state index contributed by atoms with van der Waals surface area (Å²) in [6, 6.07) is 17.2. The lowest BCUT2D eigenvalue weighted by Crippen LogP contribution is -2.29. The summed E-state index contributed by atoms with van der Waals surface area (Å²) in [6.45, 7) is 0.0146. The maximum Gasteiger partial charge on any atom is 0.416 e. The number of nitrogens with zero attached hydrogens (tertiary/aromatic N) is 2. The second-order valence-electron chi connectivity index (χ2n) is 8.79. The van der Waals surface area contributed by atoms with Crippen molar-refractivity contribution in [3.63, 3.8) is 0 Å². The SMILES string of the molecule is CN1CC(C(=O)O)n2c1c(-c1cccc(C(F)(F)F)c1)c(Cc1cccc3ccccc13)c(Br)c2=O. The molecule has 0 saturated heterocycles. The molecular formula is C27H20BrF3N2O3. The van der Waals surface area contributed by atoms with Gasteiger partial charge in [0.2, 0.25) is 0 Å². The third-order valence-electron chi connectivity index (χ3n) is 6.56. The molecule has 3 aromatic carbocycles. The number of benzene rings is 3. The lowest BCUT2D eigenvalue weighted by Gasteiger charge is -2.22. The third-order valence-corrected chi connectivity index (χ3v) is 7.37. The number of anilines is 1. The van der Waals surface area contributed by atoms with E-state index in [2.05, 4.69) is 15.9 Å². The van der Waals surface area contributed by atoms with Crippen molar-refractivity contribution in [2.24, 2.45) is 0 Å². The van der Waals surface area contributed by atoms with Crippen LogP contribution in [0.5, 0.6) is 0 Å². The van der Waals surface area contributed by atoms with Gasteiger partial charge in [-0.1, -0.05) is 54.6 Å². The molecule has 0 bridgehead atoms. The number of carboxylic acid groups (broad SMARTS) is 1. The van der Waals surface area contributed by atoms with Gasteiger partial charge in [-0.2, -0.15) is 13.2 Å². The molecule has 1 aromatic heterocycles. The molecule has 0 radical (unpaired) electrons. The highest BCUT2D eigenvalue weighted by molar-refractivity contribution is 9.10. The fourth-order valence-corrected chi connectivity index (χ4v) is 5.46. The summed E-state index contributed by atoms with van der Waals surface area (Å²) in [4.78, 5) is 27.1. The number of likely N-dealkylation sites (N-methyl/N-ethyl adjacent to an activating group) is 1. The molecule has 36 heavy (non-hydrogen) atoms. The number of hydrogen-bond donors (Lipinski definition) is 1. The minimum absolute atomic E-state index is 0.0146. The van der Waals surface area contributed by atoms with Crippen LogP contribution in [0.1, 0.15) is 22.7 Å². The van der Waals surface area contributed by atoms with Crippen LogP contribution in [0.2, 0.25) is 0 Å². The normalized spacial score (nSPS) is 15.4. The van der Waals surface area contributed by atoms with Crippen molar-refractivity contribution in [1.29, 1.82) is 0 Å². The Bertz CT molecular complexity index is 1570. The molecular weight excluding hydrogens is 537 g/mol. The molecule has 0 amide bonds. The molecule has 5 nitrogen and oxygen atoms in total. The molecule has 1 N–H and O–H groups in total. The molecule has 0 aliphatic carbocycles. The van der Waals surface area contributed by atoms with Crippen LogP contribution in [0.3, 0.4) is 0 Å². The van der Waals surface area contributed by atoms with E-state index in [0.717, 1.165) is 33.0 Å². The maximum absolute atomic E-state index is 13.6. The molecule has 1 aliphatic heterocycles. The van der Waals surface area contributed by atoms with Gasteiger partial charge in [0.1, 0.15) is 5.82 Å². The predicted octanol–water partition coefficient (Wildman–Crippen LogP) is 6.12. The lowest BCUT2D eigenvalue weighted by molar-refractivity contribution is -0.140. The summed E-state index contributed by atoms with van der Waals surface area (Å²) in [5, 5.41) is 11.7. The van der Waals surface area contributed by atoms with Gasteiger partial charge >= 0.3 is 12.1 Å². The summed E-state index contributed by atoms with van der Waals surface area (Å²) >= 11 is 3.39. The van der Waals surface area contributed by atoms with E-state index in [0.29, 0.717) is 11.1 Å². The summed E-state index contributed by atoms with van der Waals surface area (Å²) in [6.07, 6.45) is -4.31. The first-order valence-corrected chi connectivity index (χ1v) is 11.9. The van der Waals surface area contributed by atoms with E-state index in [4.69, 9.17) is 0 Å². The quantitative estimate of drug-likeness (QED) is 0.329. The van der Waals surface area contributed by atoms with Gasteiger partial charge in [-0.25, -0.2) is 4.79 Å². The van der Waals surface area contributed by atoms with Crippen LogP contribution < -0.4 is 10.5 Å². The van der Waals surface area contributed by atoms with Crippen molar-refractivity contribution < 1.29 is 23.1 Å². The number of fused-ring (bicyclic) bond motifs is 2. The molecule has 5 rings (SSSR count). The van der Waals surface area contributed by atoms with Gasteiger partial charge in [0.15, 0.2) is 6.04 Å². The van der Waals surface area contributed by atoms with Crippen LogP contribution in [0, 0.1) is 0 Å². The molecule has 4 aromatic rings. The molecule has 1 aliphatic rings. The van der Waals surface area contributed by atoms with Crippen LogP contribution in [-0.4, -0.2) is 29.2 Å². The van der Waals surface area contributed by atoms with Crippen LogP contribution in [0.15, 0.2) is 76.0 Å². The maximum atomic E-state index is 13.6. The predicted molar refractivity (Wildman–Crippen MR) is 136 cm³/mol. The number of hydrogen-bond acceptors (Lipinski definition) is 3. The summed E-state index contributed by atoms with van der Waals surface area (Å²) in [7, 11) is 1.64. The number of carboxylic acids is 1. The molecule has 1 unspecified atom stereocenters. The molecule has 0 fully saturated rings. The minimum Gasteiger partial charge on any atom is -0.480 e. The van der Waals surface area contributed by atoms with Crippen molar-refractivity contribution in [2.45, 2.75) is 18.6 Å². The van der Waals surface area contributed by atoms with Crippen molar-refractivity contribution in [2.75, 3.05) is 18.5 Å². The molecule has 1 atom stereocenters. The Morgan fingerprint density at radius 2 is 1.78 bits per heavy atom. The van der Waals surface area contributed by atoms with E-state index in [9.17, 15) is 27.9 Å². The van der Waals surface area contributed by atoms with Crippen LogP contribution in [-0.2, 0) is 17.4 Å². The van der Waals surface area contributed by atoms with Crippen molar-refractivity contribution in [3.8, 4) is 11.1 Å². The van der Waals surface area contributed by atoms with E-state index < -0.39 is 29.3 Å². The average molecular weight is 557 g/mol. The first-order valence-electron chi connectivity index (χ1n) is 11.1. The fourth-order valence-electron chi connectivity index (χ4n) is 4.93. The van der Waals surface area contributed by atoms with E-state index in [1.54, 1.807) is 18.0 Å². The number of rotatable bonds is 4. The molecule has 9 heteroatoms. The second kappa shape index (κ2) is 8.81. The minimum atomic E-state index is -4.56. The monoisotopic (exact) mass is 556 g/mol. The lowest BCUT2D eigenvalue weighted by atomic mass is 9.92. The fraction of sp³-hybridized carbons (Fsp3) is 0.185. The molecule has 0 saturated carbocycles. The topological polar surface area (TPSA) is 62.5 Å². The first-order chi connectivity index (χ1) is 17.1. The zero-order chi connectivity index (χ0) is 25.8. The standard InChI is InChI=1S/C27H20BrF3N2O3/c1-32-14-21(26(35)36)33-24(32)22(17-9-5-10-18(12-17)27(29,30)31)20(23(28)25(33)34)13-16-8-4-7-15-6-2-3-11-19(15)16/h2-12,21H,13-14H2,1H3,(H,35,36). The van der Waals surface area contributed by atoms with Crippen LogP contribution in [0.4, 0.5) is 19.0 Å². The highest BCUT2D eigenvalue weighted by Gasteiger charge is 2.38. The molecule has 0 spiro atoms. The third kappa shape index (κ3) is 3.97. The van der Waals surface area contributed by atoms with Gasteiger partial charge in [-0.05, 0) is 55.5 Å². The molecule has 2 heterocycles. The van der Waals surface area contributed by atoms with Crippen molar-refractivity contribution in [3.05, 3.63) is 98.2 Å². The highest BCUT2D eigenvalue weighted by atomic mass is 79.9. The Kier molecular flexibility index (Phi) is 5.90. The van der Waals surface area contributed by atoms with E-state index in [-0.39, 0.29) is 28.8 Å². The summed E-state index contributed by atoms with van der Waals surface area (Å²) < 4.78 is 42.1. The summed E-state index contributed by atoms with van der Waals surface area (Å²) in [5.41, 5.74) is 0.677. The van der Waals surface area contributed by atoms with E-state index in [1.165, 1.54) is 6.07 Å². The number of pyridine rings is 1. The Morgan fingerprint density at radius 3 is 2.50 bits per heavy atom. The zero-order valence-corrected chi connectivity index (χ0v) is 20.6. The van der Waals surface area contributed by atoms with Crippen LogP contribution >= 0.6 is 15.9 Å². The average Bonchev–Trinajstić information content (AvgIpc) is 3.19. The number of halogens is 4. The smallest absolute Gasteiger partial charge is 0.416 e. The second-order valence-corrected chi connectivity index (χ2v) is 9.59. The number of aliphatic carboxylic acids is 1. The van der Waals surface area contributed by atoms with Gasteiger partial charge in [-0.15, -0.1) is 0 Å². The van der Waals surface area contributed by atoms with E-state index in [1.807, 2.05) is 42.5 Å². The van der Waals surface area contributed by atoms with Gasteiger partial charge < -0.3 is 10.0 Å². The molecule has 184 valence electrons. The van der Waals surface area contributed by atoms with E-state index >= 15 is 0 Å². The first kappa shape index (κ1) is 24.1. The number of aromatic nitrogens is 1. The Balaban J connectivity index is 1.83. The van der Waals surface area contributed by atoms with Crippen LogP contribution in [0.25, 0.3) is 21.9 Å². The van der Waals surface area contributed by atoms with Crippen molar-refractivity contribution in [1.82, 2.24) is 4.57 Å². The van der Waals surface area contributed by atoms with Gasteiger partial charge in [-0.3, -0.25) is 9.36 Å². The van der Waals surface area contributed by atoms with Gasteiger partial charge in [0.05, 0.1) is 16.6 Å². The Labute approximate surface area is 212 Å².